The van der Waals surface area contributed by atoms with E-state index in [4.69, 9.17) is 14.2 Å². The number of carbonyl (C=O) groups is 2. The first-order valence-corrected chi connectivity index (χ1v) is 30.4. The third kappa shape index (κ3) is 39.8. The molecule has 0 aromatic rings. The van der Waals surface area contributed by atoms with E-state index in [1.54, 1.807) is 6.08 Å². The van der Waals surface area contributed by atoms with Crippen LogP contribution >= 0.6 is 0 Å². The Balaban J connectivity index is 2.72. The molecular weight excluding hydrogens is 943 g/mol. The lowest BCUT2D eigenvalue weighted by molar-refractivity contribution is -0.305. The first-order chi connectivity index (χ1) is 36.7. The molecule has 1 aliphatic heterocycles. The molecule has 0 bridgehead atoms. The Morgan fingerprint density at radius 1 is 0.533 bits per heavy atom. The molecule has 0 aliphatic carbocycles. The summed E-state index contributed by atoms with van der Waals surface area (Å²) in [5.41, 5.74) is 0. The van der Waals surface area contributed by atoms with E-state index in [1.165, 1.54) is 148 Å². The number of aliphatic hydroxyl groups excluding tert-OH is 5. The van der Waals surface area contributed by atoms with Crippen molar-refractivity contribution in [1.82, 2.24) is 5.32 Å². The lowest BCUT2D eigenvalue weighted by Crippen LogP contribution is -2.61. The molecule has 0 aromatic carbocycles. The van der Waals surface area contributed by atoms with E-state index in [1.807, 2.05) is 60.8 Å². The van der Waals surface area contributed by atoms with E-state index in [-0.39, 0.29) is 19.4 Å². The van der Waals surface area contributed by atoms with Crippen molar-refractivity contribution in [2.75, 3.05) is 13.2 Å². The molecule has 11 heteroatoms. The maximum Gasteiger partial charge on any atom is 0.306 e. The van der Waals surface area contributed by atoms with Gasteiger partial charge in [0, 0.05) is 6.42 Å². The van der Waals surface area contributed by atoms with Crippen LogP contribution in [0.4, 0.5) is 0 Å². The summed E-state index contributed by atoms with van der Waals surface area (Å²) in [7, 11) is 0. The quantitative estimate of drug-likeness (QED) is 0.0149. The number of unbranched alkanes of at least 4 members (excludes halogenated alkanes) is 28. The van der Waals surface area contributed by atoms with Crippen molar-refractivity contribution in [3.8, 4) is 0 Å². The van der Waals surface area contributed by atoms with Gasteiger partial charge < -0.3 is 45.1 Å². The lowest BCUT2D eigenvalue weighted by Gasteiger charge is -2.41. The molecule has 75 heavy (non-hydrogen) atoms. The van der Waals surface area contributed by atoms with Gasteiger partial charge >= 0.3 is 5.97 Å². The number of amides is 1. The molecule has 432 valence electrons. The van der Waals surface area contributed by atoms with Gasteiger partial charge in [-0.3, -0.25) is 9.59 Å². The van der Waals surface area contributed by atoms with Crippen molar-refractivity contribution in [2.24, 2.45) is 0 Å². The van der Waals surface area contributed by atoms with Crippen LogP contribution in [0.1, 0.15) is 245 Å². The van der Waals surface area contributed by atoms with Crippen LogP contribution in [0.2, 0.25) is 0 Å². The van der Waals surface area contributed by atoms with Crippen LogP contribution in [0.3, 0.4) is 0 Å². The highest BCUT2D eigenvalue weighted by molar-refractivity contribution is 5.80. The van der Waals surface area contributed by atoms with E-state index in [0.29, 0.717) is 19.3 Å². The van der Waals surface area contributed by atoms with Crippen molar-refractivity contribution in [2.45, 2.75) is 294 Å². The lowest BCUT2D eigenvalue weighted by atomic mass is 9.99. The van der Waals surface area contributed by atoms with Crippen LogP contribution in [0.15, 0.2) is 85.1 Å². The van der Waals surface area contributed by atoms with Gasteiger partial charge in [-0.15, -0.1) is 0 Å². The molecule has 1 saturated heterocycles. The molecule has 1 rings (SSSR count). The summed E-state index contributed by atoms with van der Waals surface area (Å²) in [6, 6.07) is -1.04. The minimum atomic E-state index is -1.65. The van der Waals surface area contributed by atoms with Crippen LogP contribution in [-0.2, 0) is 23.8 Å². The number of ether oxygens (including phenoxy) is 3. The van der Waals surface area contributed by atoms with Crippen molar-refractivity contribution in [1.29, 1.82) is 0 Å². The van der Waals surface area contributed by atoms with Crippen LogP contribution in [0, 0.1) is 0 Å². The molecule has 1 heterocycles. The van der Waals surface area contributed by atoms with Gasteiger partial charge in [-0.1, -0.05) is 260 Å². The first kappa shape index (κ1) is 69.9. The average molecular weight is 1050 g/mol. The molecule has 0 aromatic heterocycles. The number of rotatable bonds is 50. The molecule has 0 saturated carbocycles. The van der Waals surface area contributed by atoms with Gasteiger partial charge in [0.25, 0.3) is 0 Å². The fourth-order valence-electron chi connectivity index (χ4n) is 9.09. The van der Waals surface area contributed by atoms with Crippen LogP contribution < -0.4 is 5.32 Å². The highest BCUT2D eigenvalue weighted by Crippen LogP contribution is 2.26. The summed E-state index contributed by atoms with van der Waals surface area (Å²) in [5.74, 6) is -1.28. The molecule has 1 amide bonds. The molecule has 0 radical (unpaired) electrons. The van der Waals surface area contributed by atoms with Gasteiger partial charge in [0.05, 0.1) is 25.4 Å². The molecule has 6 N–H and O–H groups in total. The zero-order chi connectivity index (χ0) is 54.7. The van der Waals surface area contributed by atoms with E-state index >= 15 is 0 Å². The number of hydrogen-bond donors (Lipinski definition) is 6. The fraction of sp³-hybridized carbons (Fsp3) is 0.750. The smallest absolute Gasteiger partial charge is 0.306 e. The number of allylic oxidation sites excluding steroid dienone is 13. The van der Waals surface area contributed by atoms with Crippen LogP contribution in [-0.4, -0.2) is 99.6 Å². The normalized spacial score (nSPS) is 19.8. The molecule has 11 nitrogen and oxygen atoms in total. The molecule has 1 aliphatic rings. The number of aliphatic hydroxyl groups is 5. The topological polar surface area (TPSA) is 175 Å². The van der Waals surface area contributed by atoms with E-state index < -0.39 is 67.4 Å². The number of esters is 1. The first-order valence-electron chi connectivity index (χ1n) is 30.4. The summed E-state index contributed by atoms with van der Waals surface area (Å²) in [6.07, 6.45) is 56.4. The van der Waals surface area contributed by atoms with Crippen LogP contribution in [0.5, 0.6) is 0 Å². The fourth-order valence-corrected chi connectivity index (χ4v) is 9.09. The SMILES string of the molecule is CC/C=C/C=C/C=C\C=C/C=C/CCCC(=O)OC1C(OCC(NC(=O)C(O)CCCCCCCCCCCC/C=C/CCCCCCCC)C(O)/C=C/CCCCCCCCCCCCC)OC(CO)C(O)C1O. The number of hydrogen-bond acceptors (Lipinski definition) is 10. The Labute approximate surface area is 457 Å². The zero-order valence-corrected chi connectivity index (χ0v) is 47.6. The largest absolute Gasteiger partial charge is 0.454 e. The maximum atomic E-state index is 13.4. The van der Waals surface area contributed by atoms with E-state index in [2.05, 4.69) is 44.3 Å². The predicted octanol–water partition coefficient (Wildman–Crippen LogP) is 14.2. The Kier molecular flexibility index (Phi) is 48.0. The monoisotopic (exact) mass is 1050 g/mol. The maximum absolute atomic E-state index is 13.4. The summed E-state index contributed by atoms with van der Waals surface area (Å²) >= 11 is 0. The van der Waals surface area contributed by atoms with Gasteiger partial charge in [-0.05, 0) is 64.2 Å². The summed E-state index contributed by atoms with van der Waals surface area (Å²) in [6.45, 7) is 5.60. The Morgan fingerprint density at radius 3 is 1.47 bits per heavy atom. The molecular formula is C64H111NO10. The van der Waals surface area contributed by atoms with Crippen molar-refractivity contribution >= 4 is 11.9 Å². The third-order valence-electron chi connectivity index (χ3n) is 13.9. The highest BCUT2D eigenvalue weighted by atomic mass is 16.7. The van der Waals surface area contributed by atoms with Crippen molar-refractivity contribution < 1.29 is 49.3 Å². The molecule has 0 spiro atoms. The van der Waals surface area contributed by atoms with Gasteiger partial charge in [0.1, 0.15) is 24.4 Å². The second-order valence-electron chi connectivity index (χ2n) is 20.8. The van der Waals surface area contributed by atoms with Gasteiger partial charge in [0.2, 0.25) is 5.91 Å². The van der Waals surface area contributed by atoms with Gasteiger partial charge in [-0.2, -0.15) is 0 Å². The van der Waals surface area contributed by atoms with Gasteiger partial charge in [-0.25, -0.2) is 0 Å². The Hall–Kier alpha value is -3.16. The molecule has 8 unspecified atom stereocenters. The summed E-state index contributed by atoms with van der Waals surface area (Å²) < 4.78 is 17.5. The van der Waals surface area contributed by atoms with E-state index in [0.717, 1.165) is 44.9 Å². The second-order valence-corrected chi connectivity index (χ2v) is 20.8. The Bertz CT molecular complexity index is 1540. The molecule has 1 fully saturated rings. The van der Waals surface area contributed by atoms with Crippen molar-refractivity contribution in [3.05, 3.63) is 85.1 Å². The Morgan fingerprint density at radius 2 is 0.973 bits per heavy atom. The van der Waals surface area contributed by atoms with Crippen molar-refractivity contribution in [3.63, 3.8) is 0 Å². The predicted molar refractivity (Wildman–Crippen MR) is 310 cm³/mol. The number of nitrogens with one attached hydrogen (secondary N) is 1. The standard InChI is InChI=1S/C64H111NO10/c1-4-7-10-13-16-19-22-25-26-27-28-29-30-31-34-36-39-42-45-48-51-57(68)63(72)65-55(56(67)50-47-44-41-38-35-32-23-20-17-14-11-8-5-2)54-73-64-62(61(71)60(70)58(53-66)74-64)75-59(69)52-49-46-43-40-37-33-24-21-18-15-12-9-6-3/h9,12,15,18,21,24-26,33,37,40,43,47,50,55-58,60-62,64,66-68,70-71H,4-8,10-11,13-14,16-17,19-20,22-23,27-32,34-36,38-39,41-42,44-46,48-49,51-54H2,1-3H3,(H,65,72)/b12-9+,18-15+,24-21-,26-25+,37-33-,43-40+,50-47+. The molecule has 8 atom stereocenters. The minimum Gasteiger partial charge on any atom is -0.454 e. The third-order valence-corrected chi connectivity index (χ3v) is 13.9. The minimum absolute atomic E-state index is 0.0244. The summed E-state index contributed by atoms with van der Waals surface area (Å²) in [5, 5.41) is 56.9. The highest BCUT2D eigenvalue weighted by Gasteiger charge is 2.47. The second kappa shape index (κ2) is 51.6. The average Bonchev–Trinajstić information content (AvgIpc) is 3.41. The summed E-state index contributed by atoms with van der Waals surface area (Å²) in [4.78, 5) is 26.5. The van der Waals surface area contributed by atoms with E-state index in [9.17, 15) is 35.1 Å². The zero-order valence-electron chi connectivity index (χ0n) is 47.6. The van der Waals surface area contributed by atoms with Crippen LogP contribution in [0.25, 0.3) is 0 Å². The van der Waals surface area contributed by atoms with Gasteiger partial charge in [0.15, 0.2) is 12.4 Å². The number of carbonyl (C=O) groups excluding carboxylic acids is 2.